The second-order valence-electron chi connectivity index (χ2n) is 5.76. The smallest absolute Gasteiger partial charge is 0.412 e. The lowest BCUT2D eigenvalue weighted by molar-refractivity contribution is 0.0636. The second kappa shape index (κ2) is 7.03. The largest absolute Gasteiger partial charge is 0.444 e. The lowest BCUT2D eigenvalue weighted by Gasteiger charge is -2.19. The molecule has 0 aliphatic heterocycles. The molecule has 4 nitrogen and oxygen atoms in total. The minimum absolute atomic E-state index is 0.457. The van der Waals surface area contributed by atoms with Crippen molar-refractivity contribution in [3.63, 3.8) is 0 Å². The molecule has 0 fully saturated rings. The van der Waals surface area contributed by atoms with E-state index in [0.29, 0.717) is 5.69 Å². The monoisotopic (exact) mass is 338 g/mol. The van der Waals surface area contributed by atoms with E-state index < -0.39 is 11.7 Å². The molecule has 0 atom stereocenters. The number of thiophene rings is 1. The summed E-state index contributed by atoms with van der Waals surface area (Å²) in [5.41, 5.74) is 1.16. The number of rotatable bonds is 4. The molecule has 1 aromatic heterocycles. The fourth-order valence-corrected chi connectivity index (χ4v) is 2.76. The summed E-state index contributed by atoms with van der Waals surface area (Å²) in [7, 11) is 0. The molecule has 118 valence electrons. The van der Waals surface area contributed by atoms with Crippen molar-refractivity contribution in [1.82, 2.24) is 0 Å². The number of hydrogen-bond acceptors (Lipinski definition) is 4. The Morgan fingerprint density at radius 3 is 2.32 bits per heavy atom. The molecule has 0 radical (unpaired) electrons. The van der Waals surface area contributed by atoms with Gasteiger partial charge < -0.3 is 10.1 Å². The van der Waals surface area contributed by atoms with Crippen molar-refractivity contribution in [3.8, 4) is 0 Å². The van der Waals surface area contributed by atoms with Gasteiger partial charge in [-0.15, -0.1) is 11.3 Å². The molecule has 2 aromatic rings. The molecule has 0 saturated heterocycles. The van der Waals surface area contributed by atoms with Gasteiger partial charge in [-0.3, -0.25) is 5.32 Å². The van der Waals surface area contributed by atoms with Crippen LogP contribution in [0.1, 0.15) is 25.6 Å². The van der Waals surface area contributed by atoms with E-state index >= 15 is 0 Å². The summed E-state index contributed by atoms with van der Waals surface area (Å²) in [6.07, 6.45) is -0.457. The summed E-state index contributed by atoms with van der Waals surface area (Å²) in [6.45, 7) is 6.21. The van der Waals surface area contributed by atoms with Crippen molar-refractivity contribution < 1.29 is 9.53 Å². The van der Waals surface area contributed by atoms with Crippen molar-refractivity contribution in [2.45, 2.75) is 32.9 Å². The second-order valence-corrected chi connectivity index (χ2v) is 7.56. The lowest BCUT2D eigenvalue weighted by Crippen LogP contribution is -2.27. The molecule has 2 rings (SSSR count). The fraction of sp³-hybridized carbons (Fsp3) is 0.312. The van der Waals surface area contributed by atoms with Gasteiger partial charge in [-0.2, -0.15) is 0 Å². The van der Waals surface area contributed by atoms with E-state index in [1.165, 1.54) is 4.88 Å². The summed E-state index contributed by atoms with van der Waals surface area (Å²) in [5.74, 6) is 0. The van der Waals surface area contributed by atoms with Crippen molar-refractivity contribution in [2.75, 3.05) is 10.6 Å². The average Bonchev–Trinajstić information content (AvgIpc) is 2.81. The highest BCUT2D eigenvalue weighted by Gasteiger charge is 2.15. The highest BCUT2D eigenvalue weighted by atomic mass is 35.5. The third-order valence-electron chi connectivity index (χ3n) is 2.63. The maximum atomic E-state index is 11.7. The molecule has 1 amide bonds. The quantitative estimate of drug-likeness (QED) is 0.788. The van der Waals surface area contributed by atoms with Crippen molar-refractivity contribution >= 4 is 40.4 Å². The normalized spacial score (nSPS) is 11.1. The Labute approximate surface area is 139 Å². The molecule has 1 aromatic carbocycles. The number of ether oxygens (including phenoxy) is 1. The summed E-state index contributed by atoms with van der Waals surface area (Å²) < 4.78 is 5.99. The van der Waals surface area contributed by atoms with Gasteiger partial charge in [0.15, 0.2) is 0 Å². The molecular weight excluding hydrogens is 320 g/mol. The first-order valence-electron chi connectivity index (χ1n) is 6.90. The average molecular weight is 339 g/mol. The number of nitrogens with one attached hydrogen (secondary N) is 2. The van der Waals surface area contributed by atoms with Crippen molar-refractivity contribution in [2.24, 2.45) is 0 Å². The van der Waals surface area contributed by atoms with Gasteiger partial charge in [0.05, 0.1) is 4.34 Å². The van der Waals surface area contributed by atoms with Crippen molar-refractivity contribution in [1.29, 1.82) is 0 Å². The number of anilines is 2. The lowest BCUT2D eigenvalue weighted by atomic mass is 10.2. The first kappa shape index (κ1) is 16.6. The van der Waals surface area contributed by atoms with E-state index in [0.717, 1.165) is 16.6 Å². The summed E-state index contributed by atoms with van der Waals surface area (Å²) >= 11 is 7.45. The molecule has 2 N–H and O–H groups in total. The van der Waals surface area contributed by atoms with Gasteiger partial charge >= 0.3 is 6.09 Å². The van der Waals surface area contributed by atoms with Gasteiger partial charge in [-0.1, -0.05) is 11.6 Å². The molecule has 0 bridgehead atoms. The molecule has 0 unspecified atom stereocenters. The van der Waals surface area contributed by atoms with Crippen LogP contribution in [0.4, 0.5) is 16.2 Å². The van der Waals surface area contributed by atoms with E-state index in [9.17, 15) is 4.79 Å². The Morgan fingerprint density at radius 1 is 1.14 bits per heavy atom. The van der Waals surface area contributed by atoms with Gasteiger partial charge in [-0.25, -0.2) is 4.79 Å². The summed E-state index contributed by atoms with van der Waals surface area (Å²) in [4.78, 5) is 12.8. The van der Waals surface area contributed by atoms with Crippen LogP contribution >= 0.6 is 22.9 Å². The summed E-state index contributed by atoms with van der Waals surface area (Å²) in [6, 6.07) is 11.3. The highest BCUT2D eigenvalue weighted by Crippen LogP contribution is 2.22. The van der Waals surface area contributed by atoms with E-state index in [1.807, 2.05) is 57.2 Å². The minimum atomic E-state index is -0.506. The third-order valence-corrected chi connectivity index (χ3v) is 3.86. The number of benzene rings is 1. The van der Waals surface area contributed by atoms with Gasteiger partial charge in [0.1, 0.15) is 5.60 Å². The minimum Gasteiger partial charge on any atom is -0.444 e. The molecule has 1 heterocycles. The molecule has 6 heteroatoms. The third kappa shape index (κ3) is 5.58. The molecule has 0 saturated carbocycles. The SMILES string of the molecule is CC(C)(C)OC(=O)Nc1ccc(NCc2ccc(Cl)s2)cc1. The summed E-state index contributed by atoms with van der Waals surface area (Å²) in [5, 5.41) is 6.00. The van der Waals surface area contributed by atoms with Crippen LogP contribution in [0.5, 0.6) is 0 Å². The van der Waals surface area contributed by atoms with Gasteiger partial charge in [0, 0.05) is 22.8 Å². The fourth-order valence-electron chi connectivity index (χ4n) is 1.73. The Balaban J connectivity index is 1.86. The number of carbonyl (C=O) groups is 1. The molecule has 0 spiro atoms. The number of carbonyl (C=O) groups excluding carboxylic acids is 1. The molecule has 22 heavy (non-hydrogen) atoms. The van der Waals surface area contributed by atoms with Gasteiger partial charge in [-0.05, 0) is 57.2 Å². The Hall–Kier alpha value is -1.72. The first-order chi connectivity index (χ1) is 10.3. The van der Waals surface area contributed by atoms with E-state index in [2.05, 4.69) is 10.6 Å². The number of halogens is 1. The highest BCUT2D eigenvalue weighted by molar-refractivity contribution is 7.16. The van der Waals surface area contributed by atoms with Crippen LogP contribution in [-0.4, -0.2) is 11.7 Å². The van der Waals surface area contributed by atoms with Crippen molar-refractivity contribution in [3.05, 3.63) is 45.6 Å². The Kier molecular flexibility index (Phi) is 5.32. The molecular formula is C16H19ClN2O2S. The van der Waals surface area contributed by atoms with Gasteiger partial charge in [0.25, 0.3) is 0 Å². The zero-order valence-electron chi connectivity index (χ0n) is 12.8. The predicted octanol–water partition coefficient (Wildman–Crippen LogP) is 5.36. The van der Waals surface area contributed by atoms with Crippen LogP contribution in [0.15, 0.2) is 36.4 Å². The van der Waals surface area contributed by atoms with Crippen LogP contribution in [0.2, 0.25) is 4.34 Å². The molecule has 0 aliphatic carbocycles. The first-order valence-corrected chi connectivity index (χ1v) is 8.09. The zero-order valence-corrected chi connectivity index (χ0v) is 14.3. The zero-order chi connectivity index (χ0) is 16.2. The number of hydrogen-bond donors (Lipinski definition) is 2. The maximum Gasteiger partial charge on any atom is 0.412 e. The van der Waals surface area contributed by atoms with Crippen LogP contribution < -0.4 is 10.6 Å². The van der Waals surface area contributed by atoms with Crippen LogP contribution in [0.25, 0.3) is 0 Å². The standard InChI is InChI=1S/C16H19ClN2O2S/c1-16(2,3)21-15(20)19-12-6-4-11(5-7-12)18-10-13-8-9-14(17)22-13/h4-9,18H,10H2,1-3H3,(H,19,20). The predicted molar refractivity (Wildman–Crippen MR) is 93.0 cm³/mol. The number of amides is 1. The van der Waals surface area contributed by atoms with Gasteiger partial charge in [0.2, 0.25) is 0 Å². The van der Waals surface area contributed by atoms with E-state index in [-0.39, 0.29) is 0 Å². The van der Waals surface area contributed by atoms with Crippen LogP contribution in [0.3, 0.4) is 0 Å². The topological polar surface area (TPSA) is 50.4 Å². The maximum absolute atomic E-state index is 11.7. The van der Waals surface area contributed by atoms with E-state index in [4.69, 9.17) is 16.3 Å². The van der Waals surface area contributed by atoms with E-state index in [1.54, 1.807) is 11.3 Å². The van der Waals surface area contributed by atoms with Crippen LogP contribution in [0, 0.1) is 0 Å². The van der Waals surface area contributed by atoms with Crippen LogP contribution in [-0.2, 0) is 11.3 Å². The molecule has 0 aliphatic rings. The Bertz CT molecular complexity index is 632. The Morgan fingerprint density at radius 2 is 1.77 bits per heavy atom.